The van der Waals surface area contributed by atoms with E-state index in [1.807, 2.05) is 0 Å². The minimum atomic E-state index is -1.59. The highest BCUT2D eigenvalue weighted by molar-refractivity contribution is 5.98. The minimum absolute atomic E-state index is 0.270. The van der Waals surface area contributed by atoms with Gasteiger partial charge in [-0.1, -0.05) is 207 Å². The van der Waals surface area contributed by atoms with Crippen LogP contribution in [-0.4, -0.2) is 22.2 Å². The maximum atomic E-state index is 12.1. The summed E-state index contributed by atoms with van der Waals surface area (Å²) >= 11 is 0. The summed E-state index contributed by atoms with van der Waals surface area (Å²) in [5.74, 6) is -0.602. The Labute approximate surface area is 269 Å². The maximum absolute atomic E-state index is 12.1. The summed E-state index contributed by atoms with van der Waals surface area (Å²) in [6.07, 6.45) is 35.4. The second-order valence-electron chi connectivity index (χ2n) is 14.7. The van der Waals surface area contributed by atoms with Gasteiger partial charge in [0.1, 0.15) is 0 Å². The van der Waals surface area contributed by atoms with Gasteiger partial charge in [0.2, 0.25) is 0 Å². The molecule has 0 aromatic rings. The van der Waals surface area contributed by atoms with Gasteiger partial charge in [-0.05, 0) is 24.7 Å². The van der Waals surface area contributed by atoms with E-state index in [0.717, 1.165) is 37.5 Å². The molecule has 43 heavy (non-hydrogen) atoms. The average molecular weight is 609 g/mol. The molecule has 4 heteroatoms. The van der Waals surface area contributed by atoms with Crippen LogP contribution in [0.1, 0.15) is 220 Å². The maximum Gasteiger partial charge on any atom is 0.321 e. The molecule has 4 nitrogen and oxygen atoms in total. The van der Waals surface area contributed by atoms with Gasteiger partial charge >= 0.3 is 11.9 Å². The lowest BCUT2D eigenvalue weighted by molar-refractivity contribution is -0.166. The van der Waals surface area contributed by atoms with Gasteiger partial charge in [-0.15, -0.1) is 0 Å². The third kappa shape index (κ3) is 25.9. The number of rotatable bonds is 34. The third-order valence-corrected chi connectivity index (χ3v) is 9.59. The second-order valence-corrected chi connectivity index (χ2v) is 14.7. The third-order valence-electron chi connectivity index (χ3n) is 9.59. The lowest BCUT2D eigenvalue weighted by Gasteiger charge is -2.25. The highest BCUT2D eigenvalue weighted by Gasteiger charge is 2.45. The molecule has 0 unspecified atom stereocenters. The molecule has 0 aliphatic rings. The van der Waals surface area contributed by atoms with Crippen molar-refractivity contribution in [1.29, 1.82) is 0 Å². The molecule has 0 rings (SSSR count). The quantitative estimate of drug-likeness (QED) is 0.0563. The molecule has 0 radical (unpaired) electrons. The summed E-state index contributed by atoms with van der Waals surface area (Å²) in [4.78, 5) is 24.1. The normalized spacial score (nSPS) is 12.0. The first-order valence-electron chi connectivity index (χ1n) is 19.2. The van der Waals surface area contributed by atoms with E-state index < -0.39 is 17.4 Å². The molecule has 0 aromatic carbocycles. The van der Waals surface area contributed by atoms with Crippen molar-refractivity contribution < 1.29 is 19.8 Å². The van der Waals surface area contributed by atoms with Crippen LogP contribution in [0, 0.1) is 17.3 Å². The second kappa shape index (κ2) is 29.6. The molecule has 0 aliphatic carbocycles. The summed E-state index contributed by atoms with van der Waals surface area (Å²) in [7, 11) is 0. The molecule has 2 N–H and O–H groups in total. The van der Waals surface area contributed by atoms with Crippen molar-refractivity contribution in [2.24, 2.45) is 17.3 Å². The Balaban J connectivity index is 3.79. The molecule has 256 valence electrons. The van der Waals surface area contributed by atoms with Crippen LogP contribution in [0.3, 0.4) is 0 Å². The highest BCUT2D eigenvalue weighted by Crippen LogP contribution is 2.33. The highest BCUT2D eigenvalue weighted by atomic mass is 16.4. The van der Waals surface area contributed by atoms with Gasteiger partial charge in [-0.25, -0.2) is 0 Å². The number of aliphatic carboxylic acids is 2. The predicted molar refractivity (Wildman–Crippen MR) is 186 cm³/mol. The summed E-state index contributed by atoms with van der Waals surface area (Å²) in [6.45, 7) is 9.23. The van der Waals surface area contributed by atoms with Crippen molar-refractivity contribution in [3.63, 3.8) is 0 Å². The van der Waals surface area contributed by atoms with Crippen molar-refractivity contribution in [2.45, 2.75) is 220 Å². The number of hydrogen-bond acceptors (Lipinski definition) is 2. The van der Waals surface area contributed by atoms with Crippen molar-refractivity contribution >= 4 is 11.9 Å². The van der Waals surface area contributed by atoms with Gasteiger partial charge in [0.25, 0.3) is 0 Å². The molecule has 0 aromatic heterocycles. The van der Waals surface area contributed by atoms with Gasteiger partial charge < -0.3 is 10.2 Å². The Morgan fingerprint density at radius 1 is 0.372 bits per heavy atom. The molecule has 0 atom stereocenters. The zero-order valence-electron chi connectivity index (χ0n) is 29.6. The van der Waals surface area contributed by atoms with Crippen LogP contribution in [0.2, 0.25) is 0 Å². The summed E-state index contributed by atoms with van der Waals surface area (Å²) < 4.78 is 0. The first kappa shape index (κ1) is 41.9. The predicted octanol–water partition coefficient (Wildman–Crippen LogP) is 13.2. The van der Waals surface area contributed by atoms with Gasteiger partial charge in [0.05, 0.1) is 0 Å². The monoisotopic (exact) mass is 609 g/mol. The van der Waals surface area contributed by atoms with Gasteiger partial charge in [0, 0.05) is 0 Å². The number of hydrogen-bond donors (Lipinski definition) is 2. The van der Waals surface area contributed by atoms with Crippen LogP contribution >= 0.6 is 0 Å². The molecule has 0 aliphatic heterocycles. The summed E-state index contributed by atoms with van der Waals surface area (Å²) in [5.41, 5.74) is -1.59. The largest absolute Gasteiger partial charge is 0.480 e. The van der Waals surface area contributed by atoms with E-state index >= 15 is 0 Å². The smallest absolute Gasteiger partial charge is 0.321 e. The lowest BCUT2D eigenvalue weighted by atomic mass is 9.78. The molecule has 0 saturated heterocycles. The summed E-state index contributed by atoms with van der Waals surface area (Å²) in [6, 6.07) is 0. The number of carboxylic acid groups (broad SMARTS) is 2. The standard InChI is InChI=1S/C39H76O4/c1-35(2)31-27-23-19-15-11-7-5-9-13-17-21-25-29-33-39(37(40)41,38(42)43)34-30-26-22-18-14-10-6-8-12-16-20-24-28-32-36(3)4/h35-36H,5-34H2,1-4H3,(H,40,41)(H,42,43). The van der Waals surface area contributed by atoms with Crippen molar-refractivity contribution in [3.05, 3.63) is 0 Å². The first-order valence-corrected chi connectivity index (χ1v) is 19.2. The topological polar surface area (TPSA) is 74.6 Å². The van der Waals surface area contributed by atoms with Crippen LogP contribution in [-0.2, 0) is 9.59 Å². The lowest BCUT2D eigenvalue weighted by Crippen LogP contribution is -2.39. The Morgan fingerprint density at radius 2 is 0.558 bits per heavy atom. The SMILES string of the molecule is CC(C)CCCCCCCCCCCCCCCC(CCCCCCCCCCCCCCCC(C)C)(C(=O)O)C(=O)O. The Morgan fingerprint density at radius 3 is 0.744 bits per heavy atom. The van der Waals surface area contributed by atoms with E-state index in [-0.39, 0.29) is 12.8 Å². The number of carboxylic acids is 2. The molecule has 0 heterocycles. The van der Waals surface area contributed by atoms with E-state index in [4.69, 9.17) is 0 Å². The fourth-order valence-corrected chi connectivity index (χ4v) is 6.49. The zero-order valence-corrected chi connectivity index (χ0v) is 29.6. The Hall–Kier alpha value is -1.06. The van der Waals surface area contributed by atoms with Gasteiger partial charge in [0.15, 0.2) is 5.41 Å². The van der Waals surface area contributed by atoms with Crippen molar-refractivity contribution in [3.8, 4) is 0 Å². The first-order chi connectivity index (χ1) is 20.7. The van der Waals surface area contributed by atoms with Crippen molar-refractivity contribution in [1.82, 2.24) is 0 Å². The van der Waals surface area contributed by atoms with E-state index in [2.05, 4.69) is 27.7 Å². The van der Waals surface area contributed by atoms with Crippen molar-refractivity contribution in [2.75, 3.05) is 0 Å². The van der Waals surface area contributed by atoms with Crippen LogP contribution in [0.25, 0.3) is 0 Å². The molecule has 0 spiro atoms. The van der Waals surface area contributed by atoms with E-state index in [0.29, 0.717) is 12.8 Å². The fraction of sp³-hybridized carbons (Fsp3) is 0.949. The number of unbranched alkanes of at least 4 members (excludes halogenated alkanes) is 24. The molecule has 0 amide bonds. The van der Waals surface area contributed by atoms with Gasteiger partial charge in [-0.2, -0.15) is 0 Å². The summed E-state index contributed by atoms with van der Waals surface area (Å²) in [5, 5.41) is 19.7. The fourth-order valence-electron chi connectivity index (χ4n) is 6.49. The molecular formula is C39H76O4. The van der Waals surface area contributed by atoms with E-state index in [1.54, 1.807) is 0 Å². The average Bonchev–Trinajstić information content (AvgIpc) is 2.95. The van der Waals surface area contributed by atoms with Crippen LogP contribution in [0.5, 0.6) is 0 Å². The van der Waals surface area contributed by atoms with Crippen LogP contribution in [0.4, 0.5) is 0 Å². The van der Waals surface area contributed by atoms with Crippen LogP contribution < -0.4 is 0 Å². The van der Waals surface area contributed by atoms with E-state index in [9.17, 15) is 19.8 Å². The Bertz CT molecular complexity index is 573. The molecule has 0 saturated carbocycles. The molecule has 0 fully saturated rings. The molecule has 0 bridgehead atoms. The van der Waals surface area contributed by atoms with Gasteiger partial charge in [-0.3, -0.25) is 9.59 Å². The molecular weight excluding hydrogens is 532 g/mol. The van der Waals surface area contributed by atoms with Crippen LogP contribution in [0.15, 0.2) is 0 Å². The van der Waals surface area contributed by atoms with E-state index in [1.165, 1.54) is 141 Å². The Kier molecular flexibility index (Phi) is 28.9. The zero-order chi connectivity index (χ0) is 32.0. The number of carbonyl (C=O) groups is 2. The minimum Gasteiger partial charge on any atom is -0.480 e.